The van der Waals surface area contributed by atoms with Gasteiger partial charge in [0.2, 0.25) is 0 Å². The molecular formula is C20H19N3O3. The summed E-state index contributed by atoms with van der Waals surface area (Å²) in [6.07, 6.45) is 1.66. The Morgan fingerprint density at radius 1 is 0.885 bits per heavy atom. The van der Waals surface area contributed by atoms with Gasteiger partial charge in [-0.25, -0.2) is 4.98 Å². The number of ether oxygens (including phenoxy) is 2. The van der Waals surface area contributed by atoms with Crippen molar-refractivity contribution in [2.75, 3.05) is 24.9 Å². The number of rotatable bonds is 6. The van der Waals surface area contributed by atoms with Crippen LogP contribution in [0.25, 0.3) is 0 Å². The molecule has 0 unspecified atom stereocenters. The fourth-order valence-corrected chi connectivity index (χ4v) is 2.34. The van der Waals surface area contributed by atoms with Gasteiger partial charge >= 0.3 is 0 Å². The second-order valence-corrected chi connectivity index (χ2v) is 5.47. The molecule has 0 bridgehead atoms. The average molecular weight is 349 g/mol. The number of methoxy groups -OCH3 is 2. The fourth-order valence-electron chi connectivity index (χ4n) is 2.34. The third kappa shape index (κ3) is 4.30. The summed E-state index contributed by atoms with van der Waals surface area (Å²) in [4.78, 5) is 16.6. The minimum absolute atomic E-state index is 0.243. The standard InChI is InChI=1S/C20H19N3O3/c1-25-17-9-6-15(7-10-17)22-16-8-11-19(21-13-16)23-20(24)14-4-3-5-18(12-14)26-2/h3-13,22H,1-2H3,(H,21,23,24). The van der Waals surface area contributed by atoms with E-state index in [4.69, 9.17) is 9.47 Å². The summed E-state index contributed by atoms with van der Waals surface area (Å²) in [7, 11) is 3.19. The Balaban J connectivity index is 1.64. The van der Waals surface area contributed by atoms with E-state index in [9.17, 15) is 4.79 Å². The fraction of sp³-hybridized carbons (Fsp3) is 0.100. The highest BCUT2D eigenvalue weighted by molar-refractivity contribution is 6.04. The number of amides is 1. The van der Waals surface area contributed by atoms with Crippen LogP contribution in [0.5, 0.6) is 11.5 Å². The molecule has 6 nitrogen and oxygen atoms in total. The van der Waals surface area contributed by atoms with E-state index in [1.165, 1.54) is 0 Å². The molecule has 1 aromatic heterocycles. The van der Waals surface area contributed by atoms with Gasteiger partial charge < -0.3 is 20.1 Å². The van der Waals surface area contributed by atoms with E-state index in [0.29, 0.717) is 17.1 Å². The molecule has 0 radical (unpaired) electrons. The van der Waals surface area contributed by atoms with Gasteiger partial charge in [-0.2, -0.15) is 0 Å². The zero-order valence-electron chi connectivity index (χ0n) is 14.5. The van der Waals surface area contributed by atoms with Crippen molar-refractivity contribution in [3.05, 3.63) is 72.4 Å². The first-order chi connectivity index (χ1) is 12.7. The molecular weight excluding hydrogens is 330 g/mol. The molecule has 1 heterocycles. The van der Waals surface area contributed by atoms with Gasteiger partial charge in [-0.15, -0.1) is 0 Å². The maximum atomic E-state index is 12.3. The van der Waals surface area contributed by atoms with E-state index in [1.54, 1.807) is 50.7 Å². The number of anilines is 3. The predicted octanol–water partition coefficient (Wildman–Crippen LogP) is 4.09. The Morgan fingerprint density at radius 3 is 2.27 bits per heavy atom. The van der Waals surface area contributed by atoms with E-state index in [-0.39, 0.29) is 5.91 Å². The summed E-state index contributed by atoms with van der Waals surface area (Å²) in [6, 6.07) is 18.1. The molecule has 132 valence electrons. The monoisotopic (exact) mass is 349 g/mol. The lowest BCUT2D eigenvalue weighted by Crippen LogP contribution is -2.12. The van der Waals surface area contributed by atoms with Gasteiger partial charge in [0, 0.05) is 11.3 Å². The van der Waals surface area contributed by atoms with Gasteiger partial charge in [0.15, 0.2) is 0 Å². The third-order valence-electron chi connectivity index (χ3n) is 3.72. The van der Waals surface area contributed by atoms with Crippen molar-refractivity contribution < 1.29 is 14.3 Å². The first kappa shape index (κ1) is 17.3. The summed E-state index contributed by atoms with van der Waals surface area (Å²) in [6.45, 7) is 0. The van der Waals surface area contributed by atoms with E-state index in [1.807, 2.05) is 30.3 Å². The smallest absolute Gasteiger partial charge is 0.256 e. The van der Waals surface area contributed by atoms with Gasteiger partial charge in [-0.3, -0.25) is 4.79 Å². The Kier molecular flexibility index (Phi) is 5.34. The minimum atomic E-state index is -0.243. The maximum Gasteiger partial charge on any atom is 0.256 e. The van der Waals surface area contributed by atoms with E-state index in [0.717, 1.165) is 17.1 Å². The first-order valence-corrected chi connectivity index (χ1v) is 8.00. The molecule has 3 rings (SSSR count). The van der Waals surface area contributed by atoms with Crippen LogP contribution < -0.4 is 20.1 Å². The highest BCUT2D eigenvalue weighted by Gasteiger charge is 2.08. The number of hydrogen-bond donors (Lipinski definition) is 2. The van der Waals surface area contributed by atoms with Gasteiger partial charge in [0.05, 0.1) is 26.1 Å². The number of pyridine rings is 1. The lowest BCUT2D eigenvalue weighted by molar-refractivity contribution is 0.102. The molecule has 0 aliphatic carbocycles. The van der Waals surface area contributed by atoms with Gasteiger partial charge in [0.25, 0.3) is 5.91 Å². The molecule has 0 aliphatic rings. The van der Waals surface area contributed by atoms with Crippen LogP contribution in [0.2, 0.25) is 0 Å². The number of carbonyl (C=O) groups is 1. The van der Waals surface area contributed by atoms with Gasteiger partial charge in [-0.05, 0) is 54.6 Å². The van der Waals surface area contributed by atoms with Crippen molar-refractivity contribution in [2.24, 2.45) is 0 Å². The van der Waals surface area contributed by atoms with E-state index < -0.39 is 0 Å². The highest BCUT2D eigenvalue weighted by Crippen LogP contribution is 2.20. The molecule has 0 saturated heterocycles. The summed E-state index contributed by atoms with van der Waals surface area (Å²) in [5, 5.41) is 6.00. The number of nitrogens with zero attached hydrogens (tertiary/aromatic N) is 1. The number of aromatic nitrogens is 1. The second kappa shape index (κ2) is 8.02. The van der Waals surface area contributed by atoms with Crippen molar-refractivity contribution in [3.63, 3.8) is 0 Å². The minimum Gasteiger partial charge on any atom is -0.497 e. The van der Waals surface area contributed by atoms with Crippen LogP contribution in [0.15, 0.2) is 66.9 Å². The normalized spacial score (nSPS) is 10.1. The van der Waals surface area contributed by atoms with Crippen LogP contribution in [-0.2, 0) is 0 Å². The number of nitrogens with one attached hydrogen (secondary N) is 2. The van der Waals surface area contributed by atoms with Gasteiger partial charge in [0.1, 0.15) is 17.3 Å². The molecule has 0 saturated carbocycles. The zero-order valence-corrected chi connectivity index (χ0v) is 14.5. The maximum absolute atomic E-state index is 12.3. The topological polar surface area (TPSA) is 72.5 Å². The Labute approximate surface area is 151 Å². The van der Waals surface area contributed by atoms with Crippen LogP contribution in [0.3, 0.4) is 0 Å². The number of benzene rings is 2. The van der Waals surface area contributed by atoms with Crippen molar-refractivity contribution in [2.45, 2.75) is 0 Å². The SMILES string of the molecule is COc1ccc(Nc2ccc(NC(=O)c3cccc(OC)c3)nc2)cc1. The number of carbonyl (C=O) groups excluding carboxylic acids is 1. The molecule has 26 heavy (non-hydrogen) atoms. The molecule has 3 aromatic rings. The van der Waals surface area contributed by atoms with Crippen molar-refractivity contribution >= 4 is 23.1 Å². The summed E-state index contributed by atoms with van der Waals surface area (Å²) < 4.78 is 10.3. The van der Waals surface area contributed by atoms with Crippen molar-refractivity contribution in [3.8, 4) is 11.5 Å². The van der Waals surface area contributed by atoms with Gasteiger partial charge in [-0.1, -0.05) is 6.07 Å². The lowest BCUT2D eigenvalue weighted by atomic mass is 10.2. The van der Waals surface area contributed by atoms with Crippen LogP contribution in [-0.4, -0.2) is 25.1 Å². The molecule has 0 atom stereocenters. The number of hydrogen-bond acceptors (Lipinski definition) is 5. The van der Waals surface area contributed by atoms with Crippen molar-refractivity contribution in [1.29, 1.82) is 0 Å². The van der Waals surface area contributed by atoms with E-state index >= 15 is 0 Å². The molecule has 0 fully saturated rings. The summed E-state index contributed by atoms with van der Waals surface area (Å²) in [5.41, 5.74) is 2.24. The molecule has 2 N–H and O–H groups in total. The molecule has 6 heteroatoms. The van der Waals surface area contributed by atoms with Crippen LogP contribution in [0.1, 0.15) is 10.4 Å². The average Bonchev–Trinajstić information content (AvgIpc) is 2.70. The van der Waals surface area contributed by atoms with E-state index in [2.05, 4.69) is 15.6 Å². The molecule has 0 spiro atoms. The van der Waals surface area contributed by atoms with Crippen LogP contribution in [0.4, 0.5) is 17.2 Å². The molecule has 1 amide bonds. The summed E-state index contributed by atoms with van der Waals surface area (Å²) >= 11 is 0. The largest absolute Gasteiger partial charge is 0.497 e. The highest BCUT2D eigenvalue weighted by atomic mass is 16.5. The Bertz CT molecular complexity index is 878. The second-order valence-electron chi connectivity index (χ2n) is 5.47. The predicted molar refractivity (Wildman–Crippen MR) is 101 cm³/mol. The summed E-state index contributed by atoms with van der Waals surface area (Å²) in [5.74, 6) is 1.65. The lowest BCUT2D eigenvalue weighted by Gasteiger charge is -2.09. The quantitative estimate of drug-likeness (QED) is 0.701. The molecule has 2 aromatic carbocycles. The van der Waals surface area contributed by atoms with Crippen molar-refractivity contribution in [1.82, 2.24) is 4.98 Å². The first-order valence-electron chi connectivity index (χ1n) is 8.00. The van der Waals surface area contributed by atoms with Crippen LogP contribution in [0, 0.1) is 0 Å². The van der Waals surface area contributed by atoms with Crippen LogP contribution >= 0.6 is 0 Å². The Morgan fingerprint density at radius 2 is 1.62 bits per heavy atom. The molecule has 0 aliphatic heterocycles. The third-order valence-corrected chi connectivity index (χ3v) is 3.72. The zero-order chi connectivity index (χ0) is 18.4. The Hall–Kier alpha value is -3.54.